The van der Waals surface area contributed by atoms with Gasteiger partial charge in [-0.25, -0.2) is 9.18 Å². The number of carbonyl (C=O) groups is 1. The maximum Gasteiger partial charge on any atom is 0.318 e. The van der Waals surface area contributed by atoms with Crippen molar-refractivity contribution in [3.8, 4) is 5.75 Å². The van der Waals surface area contributed by atoms with Gasteiger partial charge < -0.3 is 20.1 Å². The number of carbonyl (C=O) groups excluding carboxylic acids is 1. The fourth-order valence-electron chi connectivity index (χ4n) is 2.63. The highest BCUT2D eigenvalue weighted by molar-refractivity contribution is 5.75. The van der Waals surface area contributed by atoms with Crippen LogP contribution in [0.3, 0.4) is 0 Å². The van der Waals surface area contributed by atoms with Crippen LogP contribution in [-0.4, -0.2) is 47.9 Å². The van der Waals surface area contributed by atoms with Gasteiger partial charge in [-0.15, -0.1) is 0 Å². The summed E-state index contributed by atoms with van der Waals surface area (Å²) in [7, 11) is 0. The predicted molar refractivity (Wildman–Crippen MR) is 81.2 cm³/mol. The third-order valence-corrected chi connectivity index (χ3v) is 4.01. The molecule has 0 radical (unpaired) electrons. The Kier molecular flexibility index (Phi) is 5.60. The first-order valence-electron chi connectivity index (χ1n) is 7.57. The summed E-state index contributed by atoms with van der Waals surface area (Å²) < 4.78 is 18.3. The van der Waals surface area contributed by atoms with Crippen LogP contribution in [0.25, 0.3) is 0 Å². The van der Waals surface area contributed by atoms with Crippen LogP contribution in [0, 0.1) is 11.7 Å². The van der Waals surface area contributed by atoms with Crippen LogP contribution in [-0.2, 0) is 0 Å². The fourth-order valence-corrected chi connectivity index (χ4v) is 2.63. The summed E-state index contributed by atoms with van der Waals surface area (Å²) in [6.07, 6.45) is 0.902. The zero-order chi connectivity index (χ0) is 16.1. The number of benzene rings is 1. The van der Waals surface area contributed by atoms with Crippen LogP contribution >= 0.6 is 0 Å². The van der Waals surface area contributed by atoms with Gasteiger partial charge in [0, 0.05) is 6.54 Å². The topological polar surface area (TPSA) is 61.8 Å². The van der Waals surface area contributed by atoms with Gasteiger partial charge in [0.1, 0.15) is 18.2 Å². The maximum atomic E-state index is 12.8. The van der Waals surface area contributed by atoms with Gasteiger partial charge in [0.2, 0.25) is 0 Å². The standard InChI is InChI=1S/C16H23FN2O3/c1-11-7-8-19(15(11)9-20)16(21)18-12(2)10-22-14-5-3-13(17)4-6-14/h3-6,11-12,15,20H,7-10H2,1-2H3,(H,18,21)/t11-,12+,15+/m0/s1. The summed E-state index contributed by atoms with van der Waals surface area (Å²) in [4.78, 5) is 13.9. The van der Waals surface area contributed by atoms with Gasteiger partial charge in [0.15, 0.2) is 0 Å². The molecule has 1 aliphatic rings. The molecule has 0 bridgehead atoms. The Morgan fingerprint density at radius 1 is 1.50 bits per heavy atom. The molecule has 1 aliphatic heterocycles. The summed E-state index contributed by atoms with van der Waals surface area (Å²) in [5, 5.41) is 12.3. The molecular weight excluding hydrogens is 287 g/mol. The molecule has 122 valence electrons. The molecule has 0 aliphatic carbocycles. The lowest BCUT2D eigenvalue weighted by molar-refractivity contribution is 0.139. The molecule has 1 heterocycles. The fraction of sp³-hybridized carbons (Fsp3) is 0.562. The Labute approximate surface area is 130 Å². The number of hydrogen-bond acceptors (Lipinski definition) is 3. The number of likely N-dealkylation sites (tertiary alicyclic amines) is 1. The van der Waals surface area contributed by atoms with Crippen LogP contribution in [0.5, 0.6) is 5.75 Å². The van der Waals surface area contributed by atoms with Crippen molar-refractivity contribution in [3.05, 3.63) is 30.1 Å². The molecule has 5 nitrogen and oxygen atoms in total. The second-order valence-electron chi connectivity index (χ2n) is 5.82. The van der Waals surface area contributed by atoms with E-state index in [2.05, 4.69) is 5.32 Å². The van der Waals surface area contributed by atoms with E-state index in [1.54, 1.807) is 17.0 Å². The van der Waals surface area contributed by atoms with Crippen molar-refractivity contribution in [1.29, 1.82) is 0 Å². The molecule has 2 rings (SSSR count). The van der Waals surface area contributed by atoms with Crippen molar-refractivity contribution in [2.45, 2.75) is 32.4 Å². The van der Waals surface area contributed by atoms with E-state index in [0.29, 0.717) is 24.8 Å². The van der Waals surface area contributed by atoms with Gasteiger partial charge in [-0.1, -0.05) is 6.92 Å². The van der Waals surface area contributed by atoms with E-state index >= 15 is 0 Å². The molecule has 1 aromatic rings. The minimum absolute atomic E-state index is 0.0188. The number of hydrogen-bond donors (Lipinski definition) is 2. The number of rotatable bonds is 5. The summed E-state index contributed by atoms with van der Waals surface area (Å²) in [5.74, 6) is 0.555. The molecular formula is C16H23FN2O3. The second kappa shape index (κ2) is 7.45. The molecule has 1 aromatic carbocycles. The van der Waals surface area contributed by atoms with E-state index in [1.807, 2.05) is 13.8 Å². The number of urea groups is 1. The van der Waals surface area contributed by atoms with Gasteiger partial charge in [-0.05, 0) is 43.5 Å². The minimum atomic E-state index is -0.313. The number of amides is 2. The summed E-state index contributed by atoms with van der Waals surface area (Å²) in [6.45, 7) is 4.81. The Morgan fingerprint density at radius 2 is 2.18 bits per heavy atom. The molecule has 3 atom stereocenters. The second-order valence-corrected chi connectivity index (χ2v) is 5.82. The Hall–Kier alpha value is -1.82. The Bertz CT molecular complexity index is 495. The SMILES string of the molecule is C[C@H](COc1ccc(F)cc1)NC(=O)N1CC[C@H](C)[C@H]1CO. The summed E-state index contributed by atoms with van der Waals surface area (Å²) in [5.41, 5.74) is 0. The number of nitrogens with one attached hydrogen (secondary N) is 1. The molecule has 0 spiro atoms. The molecule has 0 saturated carbocycles. The van der Waals surface area contributed by atoms with Gasteiger partial charge in [0.25, 0.3) is 0 Å². The molecule has 0 unspecified atom stereocenters. The lowest BCUT2D eigenvalue weighted by atomic mass is 10.0. The molecule has 0 aromatic heterocycles. The van der Waals surface area contributed by atoms with Crippen molar-refractivity contribution < 1.29 is 19.0 Å². The van der Waals surface area contributed by atoms with Crippen molar-refractivity contribution in [2.75, 3.05) is 19.8 Å². The third kappa shape index (κ3) is 4.10. The molecule has 22 heavy (non-hydrogen) atoms. The largest absolute Gasteiger partial charge is 0.491 e. The van der Waals surface area contributed by atoms with Crippen LogP contribution in [0.15, 0.2) is 24.3 Å². The highest BCUT2D eigenvalue weighted by Crippen LogP contribution is 2.23. The lowest BCUT2D eigenvalue weighted by Crippen LogP contribution is -2.49. The van der Waals surface area contributed by atoms with Crippen LogP contribution in [0.4, 0.5) is 9.18 Å². The van der Waals surface area contributed by atoms with Crippen LogP contribution < -0.4 is 10.1 Å². The Morgan fingerprint density at radius 3 is 2.82 bits per heavy atom. The minimum Gasteiger partial charge on any atom is -0.491 e. The van der Waals surface area contributed by atoms with E-state index in [0.717, 1.165) is 6.42 Å². The van der Waals surface area contributed by atoms with Crippen LogP contribution in [0.1, 0.15) is 20.3 Å². The summed E-state index contributed by atoms with van der Waals surface area (Å²) in [6, 6.07) is 5.27. The molecule has 1 fully saturated rings. The van der Waals surface area contributed by atoms with E-state index in [4.69, 9.17) is 4.74 Å². The number of nitrogens with zero attached hydrogens (tertiary/aromatic N) is 1. The van der Waals surface area contributed by atoms with Gasteiger partial charge in [0.05, 0.1) is 18.7 Å². The quantitative estimate of drug-likeness (QED) is 0.874. The molecule has 1 saturated heterocycles. The zero-order valence-corrected chi connectivity index (χ0v) is 13.0. The van der Waals surface area contributed by atoms with E-state index in [1.165, 1.54) is 12.1 Å². The number of ether oxygens (including phenoxy) is 1. The Balaban J connectivity index is 1.80. The maximum absolute atomic E-state index is 12.8. The highest BCUT2D eigenvalue weighted by atomic mass is 19.1. The zero-order valence-electron chi connectivity index (χ0n) is 13.0. The highest BCUT2D eigenvalue weighted by Gasteiger charge is 2.34. The molecule has 2 N–H and O–H groups in total. The number of aliphatic hydroxyl groups is 1. The van der Waals surface area contributed by atoms with Crippen molar-refractivity contribution in [3.63, 3.8) is 0 Å². The van der Waals surface area contributed by atoms with E-state index < -0.39 is 0 Å². The van der Waals surface area contributed by atoms with Crippen molar-refractivity contribution >= 4 is 6.03 Å². The lowest BCUT2D eigenvalue weighted by Gasteiger charge is -2.27. The monoisotopic (exact) mass is 310 g/mol. The van der Waals surface area contributed by atoms with Crippen LogP contribution in [0.2, 0.25) is 0 Å². The van der Waals surface area contributed by atoms with E-state index in [-0.39, 0.29) is 30.5 Å². The van der Waals surface area contributed by atoms with Crippen molar-refractivity contribution in [2.24, 2.45) is 5.92 Å². The number of halogens is 1. The number of aliphatic hydroxyl groups excluding tert-OH is 1. The normalized spacial score (nSPS) is 22.5. The summed E-state index contributed by atoms with van der Waals surface area (Å²) >= 11 is 0. The first-order valence-corrected chi connectivity index (χ1v) is 7.57. The molecule has 6 heteroatoms. The first kappa shape index (κ1) is 16.5. The van der Waals surface area contributed by atoms with Gasteiger partial charge >= 0.3 is 6.03 Å². The average molecular weight is 310 g/mol. The third-order valence-electron chi connectivity index (χ3n) is 4.01. The smallest absolute Gasteiger partial charge is 0.318 e. The molecule has 2 amide bonds. The van der Waals surface area contributed by atoms with Gasteiger partial charge in [-0.3, -0.25) is 0 Å². The van der Waals surface area contributed by atoms with E-state index in [9.17, 15) is 14.3 Å². The first-order chi connectivity index (χ1) is 10.5. The average Bonchev–Trinajstić information content (AvgIpc) is 2.87. The van der Waals surface area contributed by atoms with Gasteiger partial charge in [-0.2, -0.15) is 0 Å². The van der Waals surface area contributed by atoms with Crippen molar-refractivity contribution in [1.82, 2.24) is 10.2 Å². The predicted octanol–water partition coefficient (Wildman–Crippen LogP) is 2.01.